The topological polar surface area (TPSA) is 70.7 Å². The Labute approximate surface area is 132 Å². The van der Waals surface area contributed by atoms with Crippen LogP contribution in [0.1, 0.15) is 40.0 Å². The summed E-state index contributed by atoms with van der Waals surface area (Å²) in [7, 11) is 0. The van der Waals surface area contributed by atoms with Crippen molar-refractivity contribution < 1.29 is 14.3 Å². The van der Waals surface area contributed by atoms with Gasteiger partial charge in [-0.25, -0.2) is 4.79 Å². The van der Waals surface area contributed by atoms with Crippen molar-refractivity contribution in [3.05, 3.63) is 0 Å². The molecule has 0 bridgehead atoms. The first-order chi connectivity index (χ1) is 10.5. The molecule has 1 saturated carbocycles. The number of hydrogen-bond donors (Lipinski definition) is 2. The predicted molar refractivity (Wildman–Crippen MR) is 84.5 cm³/mol. The van der Waals surface area contributed by atoms with E-state index < -0.39 is 0 Å². The third-order valence-corrected chi connectivity index (χ3v) is 4.97. The molecule has 6 heteroatoms. The molecule has 0 radical (unpaired) electrons. The summed E-state index contributed by atoms with van der Waals surface area (Å²) in [6.45, 7) is 8.73. The number of imide groups is 1. The molecule has 0 aromatic rings. The van der Waals surface area contributed by atoms with Crippen molar-refractivity contribution in [2.45, 2.75) is 52.2 Å². The minimum atomic E-state index is -0.364. The normalized spacial score (nSPS) is 33.2. The van der Waals surface area contributed by atoms with E-state index in [-0.39, 0.29) is 30.6 Å². The second-order valence-electron chi connectivity index (χ2n) is 6.81. The van der Waals surface area contributed by atoms with Crippen LogP contribution in [0.5, 0.6) is 0 Å². The lowest BCUT2D eigenvalue weighted by atomic mass is 9.78. The minimum absolute atomic E-state index is 0.139. The molecule has 1 aliphatic heterocycles. The van der Waals surface area contributed by atoms with Crippen LogP contribution in [0, 0.1) is 11.8 Å². The van der Waals surface area contributed by atoms with E-state index in [0.29, 0.717) is 18.4 Å². The third kappa shape index (κ3) is 4.95. The highest BCUT2D eigenvalue weighted by molar-refractivity contribution is 5.95. The van der Waals surface area contributed by atoms with Crippen LogP contribution >= 0.6 is 0 Å². The molecule has 4 atom stereocenters. The van der Waals surface area contributed by atoms with Gasteiger partial charge in [-0.3, -0.25) is 15.0 Å². The number of carbonyl (C=O) groups is 2. The maximum Gasteiger partial charge on any atom is 0.321 e. The summed E-state index contributed by atoms with van der Waals surface area (Å²) >= 11 is 0. The van der Waals surface area contributed by atoms with E-state index >= 15 is 0 Å². The number of rotatable bonds is 3. The van der Waals surface area contributed by atoms with Gasteiger partial charge in [-0.15, -0.1) is 0 Å². The monoisotopic (exact) mass is 311 g/mol. The molecule has 126 valence electrons. The molecular weight excluding hydrogens is 282 g/mol. The zero-order valence-electron chi connectivity index (χ0n) is 13.9. The van der Waals surface area contributed by atoms with Crippen LogP contribution in [0.2, 0.25) is 0 Å². The summed E-state index contributed by atoms with van der Waals surface area (Å²) in [6, 6.07) is -0.197. The van der Waals surface area contributed by atoms with Gasteiger partial charge in [0, 0.05) is 19.1 Å². The summed E-state index contributed by atoms with van der Waals surface area (Å²) in [5.74, 6) is 0.822. The van der Waals surface area contributed by atoms with Gasteiger partial charge < -0.3 is 10.1 Å². The smallest absolute Gasteiger partial charge is 0.321 e. The van der Waals surface area contributed by atoms with Gasteiger partial charge in [0.1, 0.15) is 0 Å². The Morgan fingerprint density at radius 2 is 2.00 bits per heavy atom. The fourth-order valence-corrected chi connectivity index (χ4v) is 3.39. The van der Waals surface area contributed by atoms with Gasteiger partial charge in [-0.2, -0.15) is 0 Å². The van der Waals surface area contributed by atoms with E-state index in [4.69, 9.17) is 4.74 Å². The van der Waals surface area contributed by atoms with Crippen molar-refractivity contribution in [1.29, 1.82) is 0 Å². The molecule has 3 amide bonds. The molecule has 4 unspecified atom stereocenters. The lowest BCUT2D eigenvalue weighted by Crippen LogP contribution is -2.52. The van der Waals surface area contributed by atoms with Crippen LogP contribution in [0.4, 0.5) is 4.79 Å². The number of hydrogen-bond acceptors (Lipinski definition) is 4. The largest absolute Gasteiger partial charge is 0.376 e. The second-order valence-corrected chi connectivity index (χ2v) is 6.81. The van der Waals surface area contributed by atoms with E-state index in [9.17, 15) is 9.59 Å². The van der Waals surface area contributed by atoms with E-state index in [1.54, 1.807) is 0 Å². The molecule has 6 nitrogen and oxygen atoms in total. The summed E-state index contributed by atoms with van der Waals surface area (Å²) < 4.78 is 5.44. The highest BCUT2D eigenvalue weighted by Gasteiger charge is 2.28. The molecule has 1 aliphatic carbocycles. The van der Waals surface area contributed by atoms with Gasteiger partial charge in [0.05, 0.1) is 19.3 Å². The Balaban J connectivity index is 1.73. The number of carbonyl (C=O) groups excluding carboxylic acids is 2. The van der Waals surface area contributed by atoms with Gasteiger partial charge in [-0.05, 0) is 25.2 Å². The molecule has 0 aromatic carbocycles. The lowest BCUT2D eigenvalue weighted by Gasteiger charge is -2.34. The van der Waals surface area contributed by atoms with Crippen LogP contribution in [0.3, 0.4) is 0 Å². The Morgan fingerprint density at radius 3 is 2.73 bits per heavy atom. The van der Waals surface area contributed by atoms with Crippen LogP contribution in [0.25, 0.3) is 0 Å². The van der Waals surface area contributed by atoms with Gasteiger partial charge in [0.15, 0.2) is 0 Å². The van der Waals surface area contributed by atoms with Crippen molar-refractivity contribution in [3.63, 3.8) is 0 Å². The number of nitrogens with zero attached hydrogens (tertiary/aromatic N) is 1. The maximum absolute atomic E-state index is 12.0. The zero-order chi connectivity index (χ0) is 16.1. The van der Waals surface area contributed by atoms with E-state index in [1.165, 1.54) is 6.42 Å². The zero-order valence-corrected chi connectivity index (χ0v) is 13.9. The van der Waals surface area contributed by atoms with Gasteiger partial charge >= 0.3 is 6.03 Å². The first-order valence-corrected chi connectivity index (χ1v) is 8.40. The van der Waals surface area contributed by atoms with E-state index in [0.717, 1.165) is 25.9 Å². The van der Waals surface area contributed by atoms with Crippen LogP contribution in [-0.4, -0.2) is 55.2 Å². The summed E-state index contributed by atoms with van der Waals surface area (Å²) in [5.41, 5.74) is 0. The molecule has 2 aliphatic rings. The first-order valence-electron chi connectivity index (χ1n) is 8.40. The number of morpholine rings is 1. The molecule has 2 fully saturated rings. The fourth-order valence-electron chi connectivity index (χ4n) is 3.39. The van der Waals surface area contributed by atoms with E-state index in [1.807, 2.05) is 11.8 Å². The standard InChI is InChI=1S/C16H29N3O3/c1-11-5-4-6-14(13(11)3)17-16(21)18-15(20)10-19-7-8-22-12(2)9-19/h11-14H,4-10H2,1-3H3,(H2,17,18,20,21). The molecular formula is C16H29N3O3. The number of urea groups is 1. The van der Waals surface area contributed by atoms with Crippen molar-refractivity contribution in [2.75, 3.05) is 26.2 Å². The lowest BCUT2D eigenvalue weighted by molar-refractivity contribution is -0.123. The van der Waals surface area contributed by atoms with Crippen molar-refractivity contribution in [3.8, 4) is 0 Å². The Kier molecular flexibility index (Phi) is 6.20. The third-order valence-electron chi connectivity index (χ3n) is 4.97. The number of ether oxygens (including phenoxy) is 1. The SMILES string of the molecule is CC1CN(CC(=O)NC(=O)NC2CCCC(C)C2C)CCO1. The molecule has 2 rings (SSSR count). The van der Waals surface area contributed by atoms with Crippen molar-refractivity contribution in [1.82, 2.24) is 15.5 Å². The molecule has 2 N–H and O–H groups in total. The summed E-state index contributed by atoms with van der Waals surface area (Å²) in [5, 5.41) is 5.42. The Bertz CT molecular complexity index is 402. The number of amides is 3. The van der Waals surface area contributed by atoms with Gasteiger partial charge in [-0.1, -0.05) is 26.7 Å². The minimum Gasteiger partial charge on any atom is -0.376 e. The fraction of sp³-hybridized carbons (Fsp3) is 0.875. The Hall–Kier alpha value is -1.14. The summed E-state index contributed by atoms with van der Waals surface area (Å²) in [4.78, 5) is 26.0. The second kappa shape index (κ2) is 7.92. The first kappa shape index (κ1) is 17.2. The molecule has 1 heterocycles. The highest BCUT2D eigenvalue weighted by Crippen LogP contribution is 2.29. The summed E-state index contributed by atoms with van der Waals surface area (Å²) in [6.07, 6.45) is 3.49. The highest BCUT2D eigenvalue weighted by atomic mass is 16.5. The van der Waals surface area contributed by atoms with Crippen LogP contribution in [-0.2, 0) is 9.53 Å². The average molecular weight is 311 g/mol. The van der Waals surface area contributed by atoms with Crippen LogP contribution < -0.4 is 10.6 Å². The van der Waals surface area contributed by atoms with Crippen molar-refractivity contribution >= 4 is 11.9 Å². The van der Waals surface area contributed by atoms with Gasteiger partial charge in [0.25, 0.3) is 0 Å². The predicted octanol–water partition coefficient (Wildman–Crippen LogP) is 1.36. The molecule has 1 saturated heterocycles. The van der Waals surface area contributed by atoms with Gasteiger partial charge in [0.2, 0.25) is 5.91 Å². The molecule has 22 heavy (non-hydrogen) atoms. The van der Waals surface area contributed by atoms with Crippen molar-refractivity contribution in [2.24, 2.45) is 11.8 Å². The molecule has 0 spiro atoms. The molecule has 0 aromatic heterocycles. The quantitative estimate of drug-likeness (QED) is 0.825. The van der Waals surface area contributed by atoms with E-state index in [2.05, 4.69) is 24.5 Å². The Morgan fingerprint density at radius 1 is 1.23 bits per heavy atom. The number of nitrogens with one attached hydrogen (secondary N) is 2. The maximum atomic E-state index is 12.0. The average Bonchev–Trinajstić information content (AvgIpc) is 2.43. The van der Waals surface area contributed by atoms with Crippen LogP contribution in [0.15, 0.2) is 0 Å².